The summed E-state index contributed by atoms with van der Waals surface area (Å²) in [5.41, 5.74) is 1.41. The largest absolute Gasteiger partial charge is 0.355 e. The number of rotatable bonds is 2. The average Bonchev–Trinajstić information content (AvgIpc) is 2.20. The van der Waals surface area contributed by atoms with Gasteiger partial charge in [0.1, 0.15) is 5.82 Å². The normalized spacial score (nSPS) is 11.2. The minimum absolute atomic E-state index is 0.130. The highest BCUT2D eigenvalue weighted by molar-refractivity contribution is 5.96. The van der Waals surface area contributed by atoms with Crippen molar-refractivity contribution in [3.05, 3.63) is 41.2 Å². The highest BCUT2D eigenvalue weighted by Crippen LogP contribution is 2.07. The van der Waals surface area contributed by atoms with Crippen LogP contribution in [-0.2, 0) is 4.79 Å². The molecule has 0 atom stereocenters. The van der Waals surface area contributed by atoms with Crippen LogP contribution in [0.3, 0.4) is 0 Å². The predicted octanol–water partition coefficient (Wildman–Crippen LogP) is 1.98. The summed E-state index contributed by atoms with van der Waals surface area (Å²) in [5.74, 6) is -0.408. The average molecular weight is 193 g/mol. The first kappa shape index (κ1) is 10.4. The third kappa shape index (κ3) is 2.69. The monoisotopic (exact) mass is 193 g/mol. The van der Waals surface area contributed by atoms with Gasteiger partial charge in [-0.05, 0) is 30.7 Å². The minimum atomic E-state index is -0.278. The summed E-state index contributed by atoms with van der Waals surface area (Å²) in [7, 11) is 1.57. The van der Waals surface area contributed by atoms with E-state index < -0.39 is 0 Å². The number of likely N-dealkylation sites (N-methyl/N-ethyl adjacent to an activating group) is 1. The summed E-state index contributed by atoms with van der Waals surface area (Å²) in [4.78, 5) is 11.1. The molecule has 1 rings (SSSR count). The maximum Gasteiger partial charge on any atom is 0.246 e. The number of benzene rings is 1. The number of carbonyl (C=O) groups is 1. The highest BCUT2D eigenvalue weighted by atomic mass is 19.1. The van der Waals surface area contributed by atoms with Crippen LogP contribution in [0.15, 0.2) is 29.8 Å². The minimum Gasteiger partial charge on any atom is -0.355 e. The van der Waals surface area contributed by atoms with E-state index in [1.54, 1.807) is 32.2 Å². The van der Waals surface area contributed by atoms with Crippen LogP contribution in [0.2, 0.25) is 0 Å². The van der Waals surface area contributed by atoms with Crippen LogP contribution >= 0.6 is 0 Å². The molecule has 0 unspecified atom stereocenters. The van der Waals surface area contributed by atoms with Crippen molar-refractivity contribution in [2.24, 2.45) is 0 Å². The number of carbonyl (C=O) groups excluding carboxylic acids is 1. The molecular weight excluding hydrogens is 181 g/mol. The summed E-state index contributed by atoms with van der Waals surface area (Å²) in [6.45, 7) is 1.71. The molecule has 2 nitrogen and oxygen atoms in total. The van der Waals surface area contributed by atoms with E-state index in [0.717, 1.165) is 5.56 Å². The van der Waals surface area contributed by atoms with Gasteiger partial charge in [0, 0.05) is 12.6 Å². The first-order valence-electron chi connectivity index (χ1n) is 4.29. The summed E-state index contributed by atoms with van der Waals surface area (Å²) in [5, 5.41) is 2.52. The van der Waals surface area contributed by atoms with Gasteiger partial charge in [0.25, 0.3) is 0 Å². The summed E-state index contributed by atoms with van der Waals surface area (Å²) < 4.78 is 12.5. The van der Waals surface area contributed by atoms with Crippen molar-refractivity contribution < 1.29 is 9.18 Å². The van der Waals surface area contributed by atoms with Gasteiger partial charge < -0.3 is 5.32 Å². The van der Waals surface area contributed by atoms with Crippen molar-refractivity contribution >= 4 is 12.0 Å². The first-order chi connectivity index (χ1) is 6.63. The van der Waals surface area contributed by atoms with E-state index in [0.29, 0.717) is 5.57 Å². The Labute approximate surface area is 82.4 Å². The van der Waals surface area contributed by atoms with Gasteiger partial charge in [-0.25, -0.2) is 4.39 Å². The van der Waals surface area contributed by atoms with Crippen LogP contribution in [-0.4, -0.2) is 13.0 Å². The van der Waals surface area contributed by atoms with Gasteiger partial charge in [-0.2, -0.15) is 0 Å². The van der Waals surface area contributed by atoms with Crippen molar-refractivity contribution in [2.75, 3.05) is 7.05 Å². The van der Waals surface area contributed by atoms with Crippen LogP contribution in [0.25, 0.3) is 6.08 Å². The molecule has 0 aliphatic carbocycles. The van der Waals surface area contributed by atoms with Crippen molar-refractivity contribution in [1.29, 1.82) is 0 Å². The van der Waals surface area contributed by atoms with Crippen molar-refractivity contribution in [1.82, 2.24) is 5.32 Å². The zero-order valence-corrected chi connectivity index (χ0v) is 8.17. The molecule has 14 heavy (non-hydrogen) atoms. The van der Waals surface area contributed by atoms with E-state index in [4.69, 9.17) is 0 Å². The van der Waals surface area contributed by atoms with Gasteiger partial charge in [0.05, 0.1) is 0 Å². The molecule has 1 aromatic rings. The van der Waals surface area contributed by atoms with E-state index in [2.05, 4.69) is 5.32 Å². The van der Waals surface area contributed by atoms with Gasteiger partial charge in [-0.3, -0.25) is 4.79 Å². The molecule has 0 spiro atoms. The number of halogens is 1. The number of amides is 1. The van der Waals surface area contributed by atoms with Crippen LogP contribution in [0.1, 0.15) is 12.5 Å². The topological polar surface area (TPSA) is 29.1 Å². The summed E-state index contributed by atoms with van der Waals surface area (Å²) in [6, 6.07) is 5.98. The predicted molar refractivity (Wildman–Crippen MR) is 54.1 cm³/mol. The summed E-state index contributed by atoms with van der Waals surface area (Å²) in [6.07, 6.45) is 1.71. The first-order valence-corrected chi connectivity index (χ1v) is 4.29. The molecule has 0 saturated carbocycles. The maximum absolute atomic E-state index is 12.5. The van der Waals surface area contributed by atoms with Gasteiger partial charge in [0.15, 0.2) is 0 Å². The molecule has 3 heteroatoms. The van der Waals surface area contributed by atoms with Crippen LogP contribution in [0.5, 0.6) is 0 Å². The molecule has 74 valence electrons. The molecule has 0 radical (unpaired) electrons. The molecule has 1 amide bonds. The zero-order valence-electron chi connectivity index (χ0n) is 8.17. The molecular formula is C11H12FNO. The van der Waals surface area contributed by atoms with E-state index in [1.807, 2.05) is 0 Å². The van der Waals surface area contributed by atoms with Crippen LogP contribution in [0, 0.1) is 5.82 Å². The van der Waals surface area contributed by atoms with Gasteiger partial charge in [-0.1, -0.05) is 12.1 Å². The lowest BCUT2D eigenvalue weighted by atomic mass is 10.1. The van der Waals surface area contributed by atoms with Crippen molar-refractivity contribution in [3.8, 4) is 0 Å². The van der Waals surface area contributed by atoms with E-state index in [-0.39, 0.29) is 11.7 Å². The Morgan fingerprint density at radius 3 is 2.43 bits per heavy atom. The van der Waals surface area contributed by atoms with Gasteiger partial charge in [-0.15, -0.1) is 0 Å². The quantitative estimate of drug-likeness (QED) is 0.715. The molecule has 0 aromatic heterocycles. The van der Waals surface area contributed by atoms with Gasteiger partial charge >= 0.3 is 0 Å². The Hall–Kier alpha value is -1.64. The Morgan fingerprint density at radius 1 is 1.36 bits per heavy atom. The Morgan fingerprint density at radius 2 is 1.93 bits per heavy atom. The molecule has 1 N–H and O–H groups in total. The lowest BCUT2D eigenvalue weighted by Crippen LogP contribution is -2.18. The Kier molecular flexibility index (Phi) is 3.40. The standard InChI is InChI=1S/C11H12FNO/c1-8(11(14)13-2)7-9-3-5-10(12)6-4-9/h3-7H,1-2H3,(H,13,14)/b8-7+. The Bertz CT molecular complexity index is 354. The van der Waals surface area contributed by atoms with E-state index in [1.165, 1.54) is 12.1 Å². The van der Waals surface area contributed by atoms with Crippen molar-refractivity contribution in [2.45, 2.75) is 6.92 Å². The maximum atomic E-state index is 12.5. The van der Waals surface area contributed by atoms with Crippen LogP contribution in [0.4, 0.5) is 4.39 Å². The van der Waals surface area contributed by atoms with Crippen molar-refractivity contribution in [3.63, 3.8) is 0 Å². The fraction of sp³-hybridized carbons (Fsp3) is 0.182. The molecule has 0 heterocycles. The molecule has 1 aromatic carbocycles. The van der Waals surface area contributed by atoms with Crippen LogP contribution < -0.4 is 5.32 Å². The Balaban J connectivity index is 2.86. The highest BCUT2D eigenvalue weighted by Gasteiger charge is 2.00. The second-order valence-corrected chi connectivity index (χ2v) is 2.96. The second kappa shape index (κ2) is 4.56. The SMILES string of the molecule is CNC(=O)/C(C)=C/c1ccc(F)cc1. The second-order valence-electron chi connectivity index (χ2n) is 2.96. The van der Waals surface area contributed by atoms with E-state index >= 15 is 0 Å². The third-order valence-corrected chi connectivity index (χ3v) is 1.84. The fourth-order valence-electron chi connectivity index (χ4n) is 1.07. The lowest BCUT2D eigenvalue weighted by molar-refractivity contribution is -0.116. The molecule has 0 aliphatic rings. The van der Waals surface area contributed by atoms with Gasteiger partial charge in [0.2, 0.25) is 5.91 Å². The molecule has 0 aliphatic heterocycles. The third-order valence-electron chi connectivity index (χ3n) is 1.84. The number of nitrogens with one attached hydrogen (secondary N) is 1. The number of hydrogen-bond acceptors (Lipinski definition) is 1. The molecule has 0 bridgehead atoms. The molecule has 0 fully saturated rings. The molecule has 0 saturated heterocycles. The fourth-order valence-corrected chi connectivity index (χ4v) is 1.07. The lowest BCUT2D eigenvalue weighted by Gasteiger charge is -1.99. The van der Waals surface area contributed by atoms with E-state index in [9.17, 15) is 9.18 Å². The number of hydrogen-bond donors (Lipinski definition) is 1. The smallest absolute Gasteiger partial charge is 0.246 e. The summed E-state index contributed by atoms with van der Waals surface area (Å²) >= 11 is 0. The zero-order chi connectivity index (χ0) is 10.6.